The Labute approximate surface area is 173 Å². The normalized spacial score (nSPS) is 11.1. The number of nitrogens with zero attached hydrogens (tertiary/aromatic N) is 4. The van der Waals surface area contributed by atoms with E-state index in [-0.39, 0.29) is 12.5 Å². The predicted molar refractivity (Wildman–Crippen MR) is 116 cm³/mol. The van der Waals surface area contributed by atoms with Crippen molar-refractivity contribution in [1.82, 2.24) is 24.3 Å². The molecule has 0 spiro atoms. The number of para-hydroxylation sites is 2. The first kappa shape index (κ1) is 19.1. The zero-order valence-corrected chi connectivity index (χ0v) is 17.2. The highest BCUT2D eigenvalue weighted by Gasteiger charge is 2.16. The summed E-state index contributed by atoms with van der Waals surface area (Å²) in [6.45, 7) is 4.94. The molecule has 1 amide bonds. The average Bonchev–Trinajstić information content (AvgIpc) is 3.24. The Morgan fingerprint density at radius 2 is 1.90 bits per heavy atom. The summed E-state index contributed by atoms with van der Waals surface area (Å²) in [5, 5.41) is 10.0. The van der Waals surface area contributed by atoms with Crippen LogP contribution in [0.5, 0.6) is 0 Å². The summed E-state index contributed by atoms with van der Waals surface area (Å²) >= 11 is 5.35. The Morgan fingerprint density at radius 1 is 1.14 bits per heavy atom. The number of benzene rings is 2. The Kier molecular flexibility index (Phi) is 5.26. The van der Waals surface area contributed by atoms with Crippen LogP contribution in [0.4, 0.5) is 5.95 Å². The molecule has 4 aromatic rings. The molecule has 8 heteroatoms. The molecule has 0 saturated heterocycles. The van der Waals surface area contributed by atoms with Gasteiger partial charge in [0.05, 0.1) is 11.0 Å². The first-order chi connectivity index (χ1) is 14.1. The van der Waals surface area contributed by atoms with Gasteiger partial charge >= 0.3 is 0 Å². The van der Waals surface area contributed by atoms with E-state index in [2.05, 4.69) is 27.4 Å². The van der Waals surface area contributed by atoms with Crippen LogP contribution >= 0.6 is 12.2 Å². The van der Waals surface area contributed by atoms with E-state index in [0.717, 1.165) is 35.1 Å². The number of carbonyl (C=O) groups is 1. The van der Waals surface area contributed by atoms with Gasteiger partial charge in [-0.25, -0.2) is 4.98 Å². The highest BCUT2D eigenvalue weighted by molar-refractivity contribution is 7.71. The summed E-state index contributed by atoms with van der Waals surface area (Å²) in [6.07, 6.45) is 0.938. The van der Waals surface area contributed by atoms with E-state index in [9.17, 15) is 4.79 Å². The molecule has 2 heterocycles. The third kappa shape index (κ3) is 3.84. The van der Waals surface area contributed by atoms with Crippen molar-refractivity contribution in [3.8, 4) is 11.4 Å². The van der Waals surface area contributed by atoms with Crippen molar-refractivity contribution in [2.24, 2.45) is 0 Å². The summed E-state index contributed by atoms with van der Waals surface area (Å²) in [5.74, 6) is 0.973. The number of fused-ring (bicyclic) bond motifs is 1. The van der Waals surface area contributed by atoms with Crippen molar-refractivity contribution in [1.29, 1.82) is 0 Å². The van der Waals surface area contributed by atoms with Gasteiger partial charge < -0.3 is 4.57 Å². The second-order valence-electron chi connectivity index (χ2n) is 6.93. The van der Waals surface area contributed by atoms with E-state index in [4.69, 9.17) is 12.2 Å². The maximum absolute atomic E-state index is 12.8. The largest absolute Gasteiger partial charge is 0.310 e. The molecule has 0 fully saturated rings. The summed E-state index contributed by atoms with van der Waals surface area (Å²) in [5.41, 5.74) is 3.91. The number of aromatic amines is 1. The molecule has 7 nitrogen and oxygen atoms in total. The summed E-state index contributed by atoms with van der Waals surface area (Å²) in [4.78, 5) is 17.4. The fraction of sp³-hybridized carbons (Fsp3) is 0.238. The number of hydrogen-bond acceptors (Lipinski definition) is 4. The van der Waals surface area contributed by atoms with Gasteiger partial charge in [-0.15, -0.1) is 0 Å². The van der Waals surface area contributed by atoms with Gasteiger partial charge in [0.1, 0.15) is 6.54 Å². The van der Waals surface area contributed by atoms with Gasteiger partial charge in [-0.1, -0.05) is 48.9 Å². The minimum Gasteiger partial charge on any atom is -0.310 e. The lowest BCUT2D eigenvalue weighted by Gasteiger charge is -2.10. The third-order valence-electron chi connectivity index (χ3n) is 4.72. The van der Waals surface area contributed by atoms with Crippen LogP contribution in [0.25, 0.3) is 22.4 Å². The van der Waals surface area contributed by atoms with E-state index in [1.165, 1.54) is 0 Å². The first-order valence-corrected chi connectivity index (χ1v) is 9.95. The second-order valence-corrected chi connectivity index (χ2v) is 7.32. The van der Waals surface area contributed by atoms with Gasteiger partial charge in [0.15, 0.2) is 10.6 Å². The van der Waals surface area contributed by atoms with Gasteiger partial charge in [-0.2, -0.15) is 5.10 Å². The number of aryl methyl sites for hydroxylation is 2. The summed E-state index contributed by atoms with van der Waals surface area (Å²) in [7, 11) is 0. The first-order valence-electron chi connectivity index (χ1n) is 9.54. The lowest BCUT2D eigenvalue weighted by Crippen LogP contribution is -2.21. The van der Waals surface area contributed by atoms with E-state index in [1.807, 2.05) is 60.0 Å². The Balaban J connectivity index is 1.61. The van der Waals surface area contributed by atoms with Gasteiger partial charge in [-0.3, -0.25) is 19.8 Å². The topological polar surface area (TPSA) is 80.5 Å². The maximum Gasteiger partial charge on any atom is 0.246 e. The Morgan fingerprint density at radius 3 is 2.66 bits per heavy atom. The summed E-state index contributed by atoms with van der Waals surface area (Å²) in [6, 6.07) is 15.8. The van der Waals surface area contributed by atoms with Gasteiger partial charge in [0.25, 0.3) is 0 Å². The quantitative estimate of drug-likeness (QED) is 0.468. The molecule has 0 saturated carbocycles. The number of nitrogens with one attached hydrogen (secondary N) is 2. The molecule has 2 aromatic heterocycles. The molecular formula is C21H22N6OS. The number of amides is 1. The molecule has 0 aliphatic heterocycles. The number of H-pyrrole nitrogens is 1. The van der Waals surface area contributed by atoms with Crippen LogP contribution in [0, 0.1) is 11.7 Å². The number of carbonyl (C=O) groups excluding carboxylic acids is 1. The number of hydrogen-bond donors (Lipinski definition) is 2. The fourth-order valence-electron chi connectivity index (χ4n) is 3.32. The monoisotopic (exact) mass is 406 g/mol. The Hall–Kier alpha value is -3.26. The van der Waals surface area contributed by atoms with E-state index >= 15 is 0 Å². The molecule has 0 aliphatic carbocycles. The standard InChI is InChI=1S/C21H22N6OS/c1-3-12-26-17-7-5-4-6-16(17)22-20(26)23-18(28)13-27-19(24-25-21(27)29)15-10-8-14(2)9-11-15/h4-11H,3,12-13H2,1-2H3,(H,25,29)(H,22,23,28). The van der Waals surface area contributed by atoms with Crippen molar-refractivity contribution in [2.45, 2.75) is 33.4 Å². The molecule has 0 radical (unpaired) electrons. The van der Waals surface area contributed by atoms with Gasteiger partial charge in [-0.05, 0) is 37.7 Å². The van der Waals surface area contributed by atoms with Crippen LogP contribution in [0.15, 0.2) is 48.5 Å². The molecular weight excluding hydrogens is 384 g/mol. The van der Waals surface area contributed by atoms with Gasteiger partial charge in [0.2, 0.25) is 11.9 Å². The lowest BCUT2D eigenvalue weighted by atomic mass is 10.1. The smallest absolute Gasteiger partial charge is 0.246 e. The minimum atomic E-state index is -0.205. The van der Waals surface area contributed by atoms with Gasteiger partial charge in [0, 0.05) is 12.1 Å². The van der Waals surface area contributed by atoms with Crippen molar-refractivity contribution in [2.75, 3.05) is 5.32 Å². The zero-order valence-electron chi connectivity index (χ0n) is 16.3. The molecule has 29 heavy (non-hydrogen) atoms. The highest BCUT2D eigenvalue weighted by atomic mass is 32.1. The molecule has 2 N–H and O–H groups in total. The van der Waals surface area contributed by atoms with Crippen LogP contribution in [0.1, 0.15) is 18.9 Å². The zero-order chi connectivity index (χ0) is 20.4. The Bertz CT molecular complexity index is 1220. The highest BCUT2D eigenvalue weighted by Crippen LogP contribution is 2.21. The maximum atomic E-state index is 12.8. The third-order valence-corrected chi connectivity index (χ3v) is 5.03. The van der Waals surface area contributed by atoms with Crippen LogP contribution in [0.3, 0.4) is 0 Å². The molecule has 2 aromatic carbocycles. The molecule has 0 bridgehead atoms. The van der Waals surface area contributed by atoms with Crippen molar-refractivity contribution < 1.29 is 4.79 Å². The van der Waals surface area contributed by atoms with Crippen LogP contribution in [-0.2, 0) is 17.9 Å². The molecule has 148 valence electrons. The van der Waals surface area contributed by atoms with E-state index < -0.39 is 0 Å². The number of rotatable bonds is 6. The lowest BCUT2D eigenvalue weighted by molar-refractivity contribution is -0.116. The van der Waals surface area contributed by atoms with Crippen LogP contribution < -0.4 is 5.32 Å². The number of imidazole rings is 1. The van der Waals surface area contributed by atoms with E-state index in [0.29, 0.717) is 16.5 Å². The molecule has 0 atom stereocenters. The molecule has 0 aliphatic rings. The second kappa shape index (κ2) is 8.00. The number of aromatic nitrogens is 5. The van der Waals surface area contributed by atoms with E-state index in [1.54, 1.807) is 4.57 Å². The SMILES string of the molecule is CCCn1c(NC(=O)Cn2c(-c3ccc(C)cc3)n[nH]c2=S)nc2ccccc21. The number of anilines is 1. The fourth-order valence-corrected chi connectivity index (χ4v) is 3.51. The molecule has 4 rings (SSSR count). The van der Waals surface area contributed by atoms with Crippen LogP contribution in [0.2, 0.25) is 0 Å². The predicted octanol–water partition coefficient (Wildman–Crippen LogP) is 4.31. The van der Waals surface area contributed by atoms with Crippen molar-refractivity contribution in [3.63, 3.8) is 0 Å². The van der Waals surface area contributed by atoms with Crippen molar-refractivity contribution >= 4 is 35.1 Å². The van der Waals surface area contributed by atoms with Crippen LogP contribution in [-0.4, -0.2) is 30.2 Å². The molecule has 0 unspecified atom stereocenters. The average molecular weight is 407 g/mol. The van der Waals surface area contributed by atoms with Crippen molar-refractivity contribution in [3.05, 3.63) is 58.9 Å². The summed E-state index contributed by atoms with van der Waals surface area (Å²) < 4.78 is 4.13. The minimum absolute atomic E-state index is 0.0495.